The summed E-state index contributed by atoms with van der Waals surface area (Å²) in [4.78, 5) is 4.58. The second kappa shape index (κ2) is 6.59. The molecule has 0 saturated carbocycles. The molecule has 0 aliphatic rings. The second-order valence-corrected chi connectivity index (χ2v) is 6.34. The second-order valence-electron chi connectivity index (χ2n) is 6.34. The maximum absolute atomic E-state index is 5.86. The average molecular weight is 348 g/mol. The van der Waals surface area contributed by atoms with Gasteiger partial charge in [-0.3, -0.25) is 0 Å². The van der Waals surface area contributed by atoms with Gasteiger partial charge in [0.1, 0.15) is 0 Å². The fourth-order valence-electron chi connectivity index (χ4n) is 2.80. The van der Waals surface area contributed by atoms with Crippen LogP contribution in [-0.4, -0.2) is 25.0 Å². The normalized spacial score (nSPS) is 11.4. The monoisotopic (exact) mass is 348 g/mol. The van der Waals surface area contributed by atoms with E-state index in [1.807, 2.05) is 62.0 Å². The first-order valence-electron chi connectivity index (χ1n) is 8.67. The van der Waals surface area contributed by atoms with Crippen molar-refractivity contribution in [3.8, 4) is 11.5 Å². The summed E-state index contributed by atoms with van der Waals surface area (Å²) >= 11 is 0. The summed E-state index contributed by atoms with van der Waals surface area (Å²) < 4.78 is 7.73. The van der Waals surface area contributed by atoms with E-state index in [4.69, 9.17) is 4.42 Å². The van der Waals surface area contributed by atoms with Crippen molar-refractivity contribution >= 4 is 22.4 Å². The summed E-state index contributed by atoms with van der Waals surface area (Å²) in [5, 5.41) is 17.2. The van der Waals surface area contributed by atoms with Crippen LogP contribution >= 0.6 is 0 Å². The quantitative estimate of drug-likeness (QED) is 0.577. The van der Waals surface area contributed by atoms with E-state index in [2.05, 4.69) is 25.6 Å². The Hall–Kier alpha value is -3.22. The summed E-state index contributed by atoms with van der Waals surface area (Å²) in [6.07, 6.45) is 3.58. The van der Waals surface area contributed by atoms with Gasteiger partial charge in [0, 0.05) is 24.3 Å². The smallest absolute Gasteiger partial charge is 0.251 e. The van der Waals surface area contributed by atoms with Crippen LogP contribution in [0.5, 0.6) is 0 Å². The summed E-state index contributed by atoms with van der Waals surface area (Å²) in [5.74, 6) is 1.22. The van der Waals surface area contributed by atoms with E-state index in [0.29, 0.717) is 11.8 Å². The van der Waals surface area contributed by atoms with Crippen LogP contribution in [0.1, 0.15) is 32.6 Å². The van der Waals surface area contributed by atoms with Crippen molar-refractivity contribution in [2.45, 2.75) is 33.2 Å². The zero-order valence-electron chi connectivity index (χ0n) is 15.0. The van der Waals surface area contributed by atoms with Crippen LogP contribution in [-0.2, 0) is 6.54 Å². The van der Waals surface area contributed by atoms with E-state index in [0.717, 1.165) is 34.5 Å². The molecule has 0 saturated heterocycles. The molecule has 132 valence electrons. The number of fused-ring (bicyclic) bond motifs is 1. The number of anilines is 2. The van der Waals surface area contributed by atoms with Gasteiger partial charge in [-0.25, -0.2) is 9.67 Å². The molecule has 0 bridgehead atoms. The van der Waals surface area contributed by atoms with Crippen molar-refractivity contribution in [2.24, 2.45) is 0 Å². The molecule has 7 nitrogen and oxygen atoms in total. The Bertz CT molecular complexity index is 1030. The van der Waals surface area contributed by atoms with E-state index in [1.165, 1.54) is 0 Å². The van der Waals surface area contributed by atoms with Crippen LogP contribution in [0.4, 0.5) is 11.4 Å². The van der Waals surface area contributed by atoms with Gasteiger partial charge >= 0.3 is 0 Å². The van der Waals surface area contributed by atoms with Gasteiger partial charge in [-0.15, -0.1) is 10.2 Å². The largest absolute Gasteiger partial charge is 0.420 e. The summed E-state index contributed by atoms with van der Waals surface area (Å²) in [6.45, 7) is 6.83. The molecule has 0 amide bonds. The van der Waals surface area contributed by atoms with Crippen LogP contribution in [0, 0.1) is 0 Å². The van der Waals surface area contributed by atoms with Crippen LogP contribution < -0.4 is 5.32 Å². The predicted molar refractivity (Wildman–Crippen MR) is 100 cm³/mol. The van der Waals surface area contributed by atoms with Crippen LogP contribution in [0.25, 0.3) is 22.5 Å². The fourth-order valence-corrected chi connectivity index (χ4v) is 2.80. The number of nitrogens with zero attached hydrogens (tertiary/aromatic N) is 5. The summed E-state index contributed by atoms with van der Waals surface area (Å²) in [5.41, 5.74) is 3.41. The summed E-state index contributed by atoms with van der Waals surface area (Å²) in [7, 11) is 0. The molecule has 0 fully saturated rings. The van der Waals surface area contributed by atoms with Crippen molar-refractivity contribution in [2.75, 3.05) is 5.32 Å². The molecule has 0 radical (unpaired) electrons. The van der Waals surface area contributed by atoms with E-state index in [-0.39, 0.29) is 5.92 Å². The molecule has 26 heavy (non-hydrogen) atoms. The Kier molecular flexibility index (Phi) is 4.12. The molecule has 3 aromatic heterocycles. The van der Waals surface area contributed by atoms with E-state index in [9.17, 15) is 0 Å². The molecular weight excluding hydrogens is 328 g/mol. The maximum atomic E-state index is 5.86. The first-order valence-corrected chi connectivity index (χ1v) is 8.67. The van der Waals surface area contributed by atoms with Gasteiger partial charge in [0.15, 0.2) is 5.65 Å². The lowest BCUT2D eigenvalue weighted by Crippen LogP contribution is -2.00. The zero-order valence-corrected chi connectivity index (χ0v) is 15.0. The number of para-hydroxylation sites is 1. The van der Waals surface area contributed by atoms with Gasteiger partial charge < -0.3 is 9.73 Å². The molecule has 0 aliphatic heterocycles. The molecule has 0 spiro atoms. The number of pyridine rings is 1. The lowest BCUT2D eigenvalue weighted by atomic mass is 10.1. The molecule has 4 rings (SSSR count). The zero-order chi connectivity index (χ0) is 18.1. The van der Waals surface area contributed by atoms with Gasteiger partial charge in [-0.1, -0.05) is 32.0 Å². The van der Waals surface area contributed by atoms with Crippen molar-refractivity contribution < 1.29 is 4.42 Å². The Balaban J connectivity index is 1.89. The third-order valence-electron chi connectivity index (χ3n) is 4.17. The molecule has 0 aliphatic carbocycles. The topological polar surface area (TPSA) is 81.7 Å². The van der Waals surface area contributed by atoms with Crippen molar-refractivity contribution in [3.63, 3.8) is 0 Å². The Morgan fingerprint density at radius 3 is 2.62 bits per heavy atom. The Labute approximate surface area is 151 Å². The van der Waals surface area contributed by atoms with Gasteiger partial charge in [0.25, 0.3) is 5.89 Å². The minimum Gasteiger partial charge on any atom is -0.420 e. The SMILES string of the molecule is CCn1ncc2c(Nc3ccccc3)c(-c3nnc(C(C)C)o3)cnc21. The maximum Gasteiger partial charge on any atom is 0.251 e. The van der Waals surface area contributed by atoms with Gasteiger partial charge in [0.2, 0.25) is 5.89 Å². The standard InChI is InChI=1S/C19H20N6O/c1-4-25-17-14(11-21-25)16(22-13-8-6-5-7-9-13)15(10-20-17)19-24-23-18(26-19)12(2)3/h5-12H,4H2,1-3H3,(H,20,22). The number of aromatic nitrogens is 5. The summed E-state index contributed by atoms with van der Waals surface area (Å²) in [6, 6.07) is 9.97. The highest BCUT2D eigenvalue weighted by molar-refractivity contribution is 5.98. The average Bonchev–Trinajstić information content (AvgIpc) is 3.30. The van der Waals surface area contributed by atoms with Crippen molar-refractivity contribution in [1.82, 2.24) is 25.0 Å². The first-order chi connectivity index (χ1) is 12.7. The molecule has 4 aromatic rings. The van der Waals surface area contributed by atoms with E-state index in [1.54, 1.807) is 6.20 Å². The molecule has 7 heteroatoms. The number of hydrogen-bond donors (Lipinski definition) is 1. The third kappa shape index (κ3) is 2.81. The lowest BCUT2D eigenvalue weighted by molar-refractivity contribution is 0.481. The number of aryl methyl sites for hydroxylation is 1. The van der Waals surface area contributed by atoms with Crippen LogP contribution in [0.3, 0.4) is 0 Å². The highest BCUT2D eigenvalue weighted by Crippen LogP contribution is 2.35. The number of hydrogen-bond acceptors (Lipinski definition) is 6. The molecule has 1 aromatic carbocycles. The molecule has 0 unspecified atom stereocenters. The van der Waals surface area contributed by atoms with E-state index < -0.39 is 0 Å². The minimum absolute atomic E-state index is 0.168. The molecular formula is C19H20N6O. The van der Waals surface area contributed by atoms with Crippen molar-refractivity contribution in [1.29, 1.82) is 0 Å². The van der Waals surface area contributed by atoms with Gasteiger partial charge in [0.05, 0.1) is 22.8 Å². The number of benzene rings is 1. The first kappa shape index (κ1) is 16.3. The highest BCUT2D eigenvalue weighted by Gasteiger charge is 2.19. The predicted octanol–water partition coefficient (Wildman–Crippen LogP) is 4.37. The molecule has 1 N–H and O–H groups in total. The Morgan fingerprint density at radius 2 is 1.92 bits per heavy atom. The minimum atomic E-state index is 0.168. The molecule has 0 atom stereocenters. The highest BCUT2D eigenvalue weighted by atomic mass is 16.4. The lowest BCUT2D eigenvalue weighted by Gasteiger charge is -2.11. The van der Waals surface area contributed by atoms with Crippen LogP contribution in [0.2, 0.25) is 0 Å². The number of rotatable bonds is 5. The van der Waals surface area contributed by atoms with Gasteiger partial charge in [-0.2, -0.15) is 5.10 Å². The van der Waals surface area contributed by atoms with E-state index >= 15 is 0 Å². The van der Waals surface area contributed by atoms with Crippen molar-refractivity contribution in [3.05, 3.63) is 48.6 Å². The van der Waals surface area contributed by atoms with Gasteiger partial charge in [-0.05, 0) is 19.1 Å². The molecule has 3 heterocycles. The fraction of sp³-hybridized carbons (Fsp3) is 0.263. The third-order valence-corrected chi connectivity index (χ3v) is 4.17. The number of nitrogens with one attached hydrogen (secondary N) is 1. The van der Waals surface area contributed by atoms with Crippen LogP contribution in [0.15, 0.2) is 47.1 Å². The Morgan fingerprint density at radius 1 is 1.12 bits per heavy atom.